The van der Waals surface area contributed by atoms with Gasteiger partial charge in [-0.1, -0.05) is 35.9 Å². The molecule has 1 aliphatic rings. The van der Waals surface area contributed by atoms with Gasteiger partial charge in [-0.05, 0) is 42.0 Å². The molecular formula is C25H19ClN2O5. The first-order valence-electron chi connectivity index (χ1n) is 10.2. The third kappa shape index (κ3) is 3.87. The Morgan fingerprint density at radius 1 is 1.09 bits per heavy atom. The number of rotatable bonds is 5. The molecule has 7 nitrogen and oxygen atoms in total. The van der Waals surface area contributed by atoms with Crippen LogP contribution < -0.4 is 19.8 Å². The fraction of sp³-hybridized carbons (Fsp3) is 0.120. The number of halogens is 1. The molecule has 0 unspecified atom stereocenters. The van der Waals surface area contributed by atoms with E-state index in [2.05, 4.69) is 4.99 Å². The number of hydrogen-bond donors (Lipinski definition) is 1. The Morgan fingerprint density at radius 3 is 2.67 bits per heavy atom. The van der Waals surface area contributed by atoms with Gasteiger partial charge in [-0.15, -0.1) is 0 Å². The van der Waals surface area contributed by atoms with Crippen molar-refractivity contribution in [1.29, 1.82) is 0 Å². The Hall–Kier alpha value is -3.97. The summed E-state index contributed by atoms with van der Waals surface area (Å²) in [7, 11) is 1.54. The number of aliphatic imine (C=N–C) groups is 1. The molecule has 0 saturated carbocycles. The second-order valence-corrected chi connectivity index (χ2v) is 7.85. The SMILES string of the molecule is COc1ccc(N=Cc2c(O)n(Cc3ccc4c(c3)OCO4)c(=O)c3ccccc23)cc1Cl. The first-order valence-corrected chi connectivity index (χ1v) is 10.5. The average Bonchev–Trinajstić information content (AvgIpc) is 3.30. The number of nitrogens with zero attached hydrogens (tertiary/aromatic N) is 2. The fourth-order valence-corrected chi connectivity index (χ4v) is 4.03. The van der Waals surface area contributed by atoms with Crippen LogP contribution in [-0.4, -0.2) is 29.8 Å². The molecule has 1 N–H and O–H groups in total. The molecule has 166 valence electrons. The second-order valence-electron chi connectivity index (χ2n) is 7.44. The number of hydrogen-bond acceptors (Lipinski definition) is 6. The Morgan fingerprint density at radius 2 is 1.88 bits per heavy atom. The predicted molar refractivity (Wildman–Crippen MR) is 127 cm³/mol. The molecule has 0 radical (unpaired) electrons. The smallest absolute Gasteiger partial charge is 0.261 e. The van der Waals surface area contributed by atoms with Crippen LogP contribution in [0.5, 0.6) is 23.1 Å². The summed E-state index contributed by atoms with van der Waals surface area (Å²) in [4.78, 5) is 17.7. The van der Waals surface area contributed by atoms with Crippen molar-refractivity contribution in [3.05, 3.63) is 87.2 Å². The maximum absolute atomic E-state index is 13.2. The maximum Gasteiger partial charge on any atom is 0.261 e. The van der Waals surface area contributed by atoms with E-state index >= 15 is 0 Å². The average molecular weight is 463 g/mol. The minimum atomic E-state index is -0.301. The van der Waals surface area contributed by atoms with Crippen molar-refractivity contribution >= 4 is 34.3 Å². The molecule has 0 atom stereocenters. The first kappa shape index (κ1) is 20.9. The minimum Gasteiger partial charge on any atom is -0.495 e. The highest BCUT2D eigenvalue weighted by atomic mass is 35.5. The van der Waals surface area contributed by atoms with Crippen molar-refractivity contribution in [2.75, 3.05) is 13.9 Å². The van der Waals surface area contributed by atoms with E-state index in [-0.39, 0.29) is 24.8 Å². The summed E-state index contributed by atoms with van der Waals surface area (Å²) in [6.45, 7) is 0.317. The van der Waals surface area contributed by atoms with Crippen LogP contribution in [0.25, 0.3) is 10.8 Å². The van der Waals surface area contributed by atoms with Gasteiger partial charge in [0.1, 0.15) is 5.75 Å². The molecule has 0 spiro atoms. The van der Waals surface area contributed by atoms with E-state index in [1.165, 1.54) is 17.9 Å². The van der Waals surface area contributed by atoms with Gasteiger partial charge < -0.3 is 19.3 Å². The third-order valence-corrected chi connectivity index (χ3v) is 5.74. The molecule has 33 heavy (non-hydrogen) atoms. The molecule has 0 amide bonds. The van der Waals surface area contributed by atoms with Crippen molar-refractivity contribution in [2.24, 2.45) is 4.99 Å². The third-order valence-electron chi connectivity index (χ3n) is 5.45. The number of aromatic nitrogens is 1. The molecule has 0 bridgehead atoms. The highest BCUT2D eigenvalue weighted by Gasteiger charge is 2.18. The summed E-state index contributed by atoms with van der Waals surface area (Å²) in [5.41, 5.74) is 1.50. The number of pyridine rings is 1. The van der Waals surface area contributed by atoms with Crippen LogP contribution >= 0.6 is 11.6 Å². The largest absolute Gasteiger partial charge is 0.495 e. The molecule has 8 heteroatoms. The van der Waals surface area contributed by atoms with Gasteiger partial charge in [0.2, 0.25) is 12.7 Å². The van der Waals surface area contributed by atoms with Crippen molar-refractivity contribution in [1.82, 2.24) is 4.57 Å². The summed E-state index contributed by atoms with van der Waals surface area (Å²) in [5.74, 6) is 1.62. The van der Waals surface area contributed by atoms with Crippen LogP contribution in [0.15, 0.2) is 70.5 Å². The quantitative estimate of drug-likeness (QED) is 0.427. The summed E-state index contributed by atoms with van der Waals surface area (Å²) >= 11 is 6.20. The van der Waals surface area contributed by atoms with Crippen LogP contribution in [0.2, 0.25) is 5.02 Å². The van der Waals surface area contributed by atoms with Gasteiger partial charge in [-0.2, -0.15) is 0 Å². The van der Waals surface area contributed by atoms with Crippen LogP contribution in [-0.2, 0) is 6.54 Å². The van der Waals surface area contributed by atoms with Crippen molar-refractivity contribution < 1.29 is 19.3 Å². The molecule has 0 fully saturated rings. The first-order chi connectivity index (χ1) is 16.0. The Labute approximate surface area is 194 Å². The van der Waals surface area contributed by atoms with Crippen LogP contribution in [0.3, 0.4) is 0 Å². The highest BCUT2D eigenvalue weighted by molar-refractivity contribution is 6.32. The van der Waals surface area contributed by atoms with Gasteiger partial charge in [0.05, 0.1) is 29.9 Å². The fourth-order valence-electron chi connectivity index (χ4n) is 3.78. The summed E-state index contributed by atoms with van der Waals surface area (Å²) < 4.78 is 17.3. The molecule has 4 aromatic rings. The number of aromatic hydroxyl groups is 1. The molecule has 0 saturated heterocycles. The lowest BCUT2D eigenvalue weighted by atomic mass is 10.1. The van der Waals surface area contributed by atoms with Crippen LogP contribution in [0, 0.1) is 0 Å². The molecule has 1 aromatic heterocycles. The molecular weight excluding hydrogens is 444 g/mol. The van der Waals surface area contributed by atoms with E-state index in [9.17, 15) is 9.90 Å². The van der Waals surface area contributed by atoms with Crippen molar-refractivity contribution in [2.45, 2.75) is 6.54 Å². The number of ether oxygens (including phenoxy) is 3. The number of methoxy groups -OCH3 is 1. The monoisotopic (exact) mass is 462 g/mol. The van der Waals surface area contributed by atoms with E-state index in [0.29, 0.717) is 44.3 Å². The van der Waals surface area contributed by atoms with Crippen molar-refractivity contribution in [3.8, 4) is 23.1 Å². The highest BCUT2D eigenvalue weighted by Crippen LogP contribution is 2.33. The van der Waals surface area contributed by atoms with Crippen LogP contribution in [0.1, 0.15) is 11.1 Å². The zero-order valence-corrected chi connectivity index (χ0v) is 18.4. The lowest BCUT2D eigenvalue weighted by Gasteiger charge is -2.14. The Balaban J connectivity index is 1.60. The van der Waals surface area contributed by atoms with Crippen LogP contribution in [0.4, 0.5) is 5.69 Å². The second kappa shape index (κ2) is 8.52. The standard InChI is InChI=1S/C25H19ClN2O5/c1-31-21-9-7-16(11-20(21)26)27-12-19-17-4-2-3-5-18(17)24(29)28(25(19)30)13-15-6-8-22-23(10-15)33-14-32-22/h2-12,30H,13-14H2,1H3. The zero-order valence-electron chi connectivity index (χ0n) is 17.6. The van der Waals surface area contributed by atoms with E-state index in [0.717, 1.165) is 5.56 Å². The summed E-state index contributed by atoms with van der Waals surface area (Å²) in [6, 6.07) is 17.7. The molecule has 0 aliphatic carbocycles. The van der Waals surface area contributed by atoms with E-state index in [1.54, 1.807) is 48.5 Å². The van der Waals surface area contributed by atoms with E-state index in [4.69, 9.17) is 25.8 Å². The Kier molecular flexibility index (Phi) is 5.40. The lowest BCUT2D eigenvalue weighted by Crippen LogP contribution is -2.22. The van der Waals surface area contributed by atoms with Gasteiger partial charge in [-0.25, -0.2) is 0 Å². The van der Waals surface area contributed by atoms with Gasteiger partial charge in [-0.3, -0.25) is 14.4 Å². The molecule has 5 rings (SSSR count). The van der Waals surface area contributed by atoms with E-state index in [1.807, 2.05) is 12.1 Å². The zero-order chi connectivity index (χ0) is 22.9. The number of fused-ring (bicyclic) bond motifs is 2. The van der Waals surface area contributed by atoms with Gasteiger partial charge >= 0.3 is 0 Å². The molecule has 2 heterocycles. The molecule has 3 aromatic carbocycles. The molecule has 1 aliphatic heterocycles. The summed E-state index contributed by atoms with van der Waals surface area (Å²) in [5, 5.41) is 12.6. The number of benzene rings is 3. The van der Waals surface area contributed by atoms with Gasteiger partial charge in [0.25, 0.3) is 5.56 Å². The van der Waals surface area contributed by atoms with Gasteiger partial charge in [0, 0.05) is 17.0 Å². The van der Waals surface area contributed by atoms with Gasteiger partial charge in [0.15, 0.2) is 11.5 Å². The lowest BCUT2D eigenvalue weighted by molar-refractivity contribution is 0.174. The van der Waals surface area contributed by atoms with Crippen molar-refractivity contribution in [3.63, 3.8) is 0 Å². The topological polar surface area (TPSA) is 82.3 Å². The van der Waals surface area contributed by atoms with E-state index < -0.39 is 0 Å². The Bertz CT molecular complexity index is 1460. The summed E-state index contributed by atoms with van der Waals surface area (Å²) in [6.07, 6.45) is 1.53. The maximum atomic E-state index is 13.2. The predicted octanol–water partition coefficient (Wildman–Crippen LogP) is 4.90. The minimum absolute atomic E-state index is 0.154. The normalized spacial score (nSPS) is 12.5.